The second kappa shape index (κ2) is 10.9. The first-order chi connectivity index (χ1) is 15.0. The first kappa shape index (κ1) is 27.2. The minimum atomic E-state index is -3.55. The summed E-state index contributed by atoms with van der Waals surface area (Å²) in [5.41, 5.74) is 3.67. The van der Waals surface area contributed by atoms with Gasteiger partial charge in [-0.3, -0.25) is 9.69 Å². The average Bonchev–Trinajstić information content (AvgIpc) is 3.13. The Hall–Kier alpha value is -2.04. The van der Waals surface area contributed by atoms with E-state index in [1.807, 2.05) is 20.2 Å². The number of aromatic nitrogens is 1. The third kappa shape index (κ3) is 6.10. The largest absolute Gasteiger partial charge is 0.309 e. The molecule has 1 heterocycles. The highest BCUT2D eigenvalue weighted by molar-refractivity contribution is 7.89. The number of aryl methyl sites for hydroxylation is 2. The highest BCUT2D eigenvalue weighted by Crippen LogP contribution is 2.32. The zero-order valence-corrected chi connectivity index (χ0v) is 22.3. The van der Waals surface area contributed by atoms with E-state index in [4.69, 9.17) is 4.98 Å². The molecule has 0 aliphatic carbocycles. The second-order valence-electron chi connectivity index (χ2n) is 8.33. The molecule has 0 spiro atoms. The Morgan fingerprint density at radius 1 is 0.970 bits per heavy atom. The molecular formula is C23H31ClN4O3S2. The maximum Gasteiger partial charge on any atom is 0.260 e. The summed E-state index contributed by atoms with van der Waals surface area (Å²) in [6.45, 7) is 5.48. The van der Waals surface area contributed by atoms with E-state index in [1.54, 1.807) is 17.0 Å². The van der Waals surface area contributed by atoms with Gasteiger partial charge in [-0.05, 0) is 88.4 Å². The van der Waals surface area contributed by atoms with Crippen molar-refractivity contribution in [3.63, 3.8) is 0 Å². The van der Waals surface area contributed by atoms with Gasteiger partial charge in [0.1, 0.15) is 0 Å². The van der Waals surface area contributed by atoms with Crippen LogP contribution in [0.4, 0.5) is 5.13 Å². The molecule has 3 aromatic rings. The Kier molecular flexibility index (Phi) is 9.01. The summed E-state index contributed by atoms with van der Waals surface area (Å²) >= 11 is 1.50. The number of carbonyl (C=O) groups excluding carboxylic acids is 1. The van der Waals surface area contributed by atoms with Crippen molar-refractivity contribution in [2.75, 3.05) is 46.2 Å². The number of fused-ring (bicyclic) bond motifs is 1. The SMILES string of the molecule is Cc1cc2nc(N(CCCN(C)C)C(=O)c3ccc(S(=O)(=O)N(C)C)cc3)sc2cc1C.Cl. The normalized spacial score (nSPS) is 11.8. The molecule has 33 heavy (non-hydrogen) atoms. The molecule has 10 heteroatoms. The van der Waals surface area contributed by atoms with Crippen LogP contribution in [0.2, 0.25) is 0 Å². The van der Waals surface area contributed by atoms with E-state index < -0.39 is 10.0 Å². The van der Waals surface area contributed by atoms with Crippen LogP contribution in [0.25, 0.3) is 10.2 Å². The van der Waals surface area contributed by atoms with Crippen LogP contribution >= 0.6 is 23.7 Å². The molecule has 0 bridgehead atoms. The summed E-state index contributed by atoms with van der Waals surface area (Å²) in [5, 5.41) is 0.652. The molecule has 0 aliphatic heterocycles. The number of amides is 1. The van der Waals surface area contributed by atoms with Crippen LogP contribution in [0.1, 0.15) is 27.9 Å². The second-order valence-corrected chi connectivity index (χ2v) is 11.5. The van der Waals surface area contributed by atoms with E-state index >= 15 is 0 Å². The number of nitrogens with zero attached hydrogens (tertiary/aromatic N) is 4. The first-order valence-corrected chi connectivity index (χ1v) is 12.6. The van der Waals surface area contributed by atoms with Gasteiger partial charge in [0, 0.05) is 26.2 Å². The average molecular weight is 511 g/mol. The van der Waals surface area contributed by atoms with Gasteiger partial charge in [-0.2, -0.15) is 0 Å². The number of halogens is 1. The summed E-state index contributed by atoms with van der Waals surface area (Å²) < 4.78 is 26.9. The minimum Gasteiger partial charge on any atom is -0.309 e. The molecule has 7 nitrogen and oxygen atoms in total. The topological polar surface area (TPSA) is 73.8 Å². The van der Waals surface area contributed by atoms with Crippen molar-refractivity contribution in [1.29, 1.82) is 0 Å². The predicted octanol–water partition coefficient (Wildman–Crippen LogP) is 4.18. The maximum atomic E-state index is 13.4. The summed E-state index contributed by atoms with van der Waals surface area (Å²) in [4.78, 5) is 22.1. The Morgan fingerprint density at radius 3 is 2.15 bits per heavy atom. The lowest BCUT2D eigenvalue weighted by Crippen LogP contribution is -2.33. The molecule has 0 N–H and O–H groups in total. The van der Waals surface area contributed by atoms with Crippen LogP contribution < -0.4 is 4.90 Å². The van der Waals surface area contributed by atoms with Crippen LogP contribution in [0, 0.1) is 13.8 Å². The van der Waals surface area contributed by atoms with Crippen molar-refractivity contribution < 1.29 is 13.2 Å². The Morgan fingerprint density at radius 2 is 1.58 bits per heavy atom. The van der Waals surface area contributed by atoms with E-state index in [9.17, 15) is 13.2 Å². The quantitative estimate of drug-likeness (QED) is 0.454. The molecule has 3 rings (SSSR count). The zero-order valence-electron chi connectivity index (χ0n) is 19.8. The van der Waals surface area contributed by atoms with Gasteiger partial charge in [0.05, 0.1) is 15.1 Å². The van der Waals surface area contributed by atoms with Gasteiger partial charge < -0.3 is 4.90 Å². The van der Waals surface area contributed by atoms with Crippen LogP contribution in [-0.2, 0) is 10.0 Å². The minimum absolute atomic E-state index is 0. The maximum absolute atomic E-state index is 13.4. The van der Waals surface area contributed by atoms with E-state index in [2.05, 4.69) is 24.8 Å². The summed E-state index contributed by atoms with van der Waals surface area (Å²) in [7, 11) is 3.42. The molecule has 0 fully saturated rings. The Balaban J connectivity index is 0.00000385. The molecule has 0 saturated heterocycles. The van der Waals surface area contributed by atoms with Crippen molar-refractivity contribution in [3.8, 4) is 0 Å². The summed E-state index contributed by atoms with van der Waals surface area (Å²) in [5.74, 6) is -0.190. The van der Waals surface area contributed by atoms with Crippen LogP contribution in [-0.4, -0.2) is 69.8 Å². The number of sulfonamides is 1. The Labute approximate surface area is 206 Å². The molecule has 2 aromatic carbocycles. The number of anilines is 1. The van der Waals surface area contributed by atoms with Gasteiger partial charge in [-0.1, -0.05) is 11.3 Å². The molecule has 0 aliphatic rings. The third-order valence-electron chi connectivity index (χ3n) is 5.34. The third-order valence-corrected chi connectivity index (χ3v) is 8.21. The number of hydrogen-bond acceptors (Lipinski definition) is 6. The number of hydrogen-bond donors (Lipinski definition) is 0. The molecule has 1 aromatic heterocycles. The highest BCUT2D eigenvalue weighted by atomic mass is 35.5. The van der Waals surface area contributed by atoms with Gasteiger partial charge >= 0.3 is 0 Å². The predicted molar refractivity (Wildman–Crippen MR) is 139 cm³/mol. The van der Waals surface area contributed by atoms with Gasteiger partial charge in [-0.25, -0.2) is 17.7 Å². The van der Waals surface area contributed by atoms with Gasteiger partial charge in [0.25, 0.3) is 5.91 Å². The standard InChI is InChI=1S/C23H30N4O3S2.ClH/c1-16-14-20-21(15-17(16)2)31-23(24-20)27(13-7-12-25(3)4)22(28)18-8-10-19(11-9-18)32(29,30)26(5)6;/h8-11,14-15H,7,12-13H2,1-6H3;1H. The molecule has 1 amide bonds. The molecule has 0 atom stereocenters. The lowest BCUT2D eigenvalue weighted by Gasteiger charge is -2.21. The van der Waals surface area contributed by atoms with Crippen LogP contribution in [0.15, 0.2) is 41.3 Å². The van der Waals surface area contributed by atoms with Gasteiger partial charge in [0.2, 0.25) is 10.0 Å². The van der Waals surface area contributed by atoms with Crippen molar-refractivity contribution in [2.24, 2.45) is 0 Å². The highest BCUT2D eigenvalue weighted by Gasteiger charge is 2.23. The smallest absolute Gasteiger partial charge is 0.260 e. The number of rotatable bonds is 8. The van der Waals surface area contributed by atoms with Crippen molar-refractivity contribution in [3.05, 3.63) is 53.1 Å². The van der Waals surface area contributed by atoms with Crippen molar-refractivity contribution >= 4 is 55.0 Å². The van der Waals surface area contributed by atoms with Crippen LogP contribution in [0.3, 0.4) is 0 Å². The van der Waals surface area contributed by atoms with Crippen molar-refractivity contribution in [1.82, 2.24) is 14.2 Å². The van der Waals surface area contributed by atoms with Gasteiger partial charge in [0.15, 0.2) is 5.13 Å². The summed E-state index contributed by atoms with van der Waals surface area (Å²) in [6.07, 6.45) is 0.791. The number of benzene rings is 2. The van der Waals surface area contributed by atoms with Gasteiger partial charge in [-0.15, -0.1) is 12.4 Å². The molecular weight excluding hydrogens is 480 g/mol. The fourth-order valence-corrected chi connectivity index (χ4v) is 5.22. The van der Waals surface area contributed by atoms with Crippen LogP contribution in [0.5, 0.6) is 0 Å². The lowest BCUT2D eigenvalue weighted by atomic mass is 10.1. The molecule has 0 unspecified atom stereocenters. The van der Waals surface area contributed by atoms with E-state index in [1.165, 1.54) is 43.1 Å². The molecule has 180 valence electrons. The van der Waals surface area contributed by atoms with E-state index in [0.29, 0.717) is 17.2 Å². The monoisotopic (exact) mass is 510 g/mol. The first-order valence-electron chi connectivity index (χ1n) is 10.4. The number of thiazole rings is 1. The zero-order chi connectivity index (χ0) is 23.6. The fourth-order valence-electron chi connectivity index (χ4n) is 3.25. The lowest BCUT2D eigenvalue weighted by molar-refractivity contribution is 0.0986. The Bertz CT molecular complexity index is 1180. The van der Waals surface area contributed by atoms with E-state index in [-0.39, 0.29) is 23.2 Å². The number of carbonyl (C=O) groups is 1. The summed E-state index contributed by atoms with van der Waals surface area (Å²) in [6, 6.07) is 10.2. The van der Waals surface area contributed by atoms with E-state index in [0.717, 1.165) is 33.1 Å². The molecule has 0 radical (unpaired) electrons. The molecule has 0 saturated carbocycles. The fraction of sp³-hybridized carbons (Fsp3) is 0.391. The van der Waals surface area contributed by atoms with Crippen molar-refractivity contribution in [2.45, 2.75) is 25.2 Å².